The van der Waals surface area contributed by atoms with E-state index in [1.165, 1.54) is 25.7 Å². The first-order valence-corrected chi connectivity index (χ1v) is 7.54. The minimum atomic E-state index is -0.790. The van der Waals surface area contributed by atoms with Gasteiger partial charge in [-0.1, -0.05) is 32.1 Å². The second-order valence-electron chi connectivity index (χ2n) is 6.27. The lowest BCUT2D eigenvalue weighted by Gasteiger charge is -2.39. The summed E-state index contributed by atoms with van der Waals surface area (Å²) in [5.74, 6) is -0.768. The van der Waals surface area contributed by atoms with Crippen LogP contribution in [0.3, 0.4) is 0 Å². The Kier molecular flexibility index (Phi) is 4.48. The van der Waals surface area contributed by atoms with Gasteiger partial charge >= 0.3 is 5.97 Å². The van der Waals surface area contributed by atoms with Crippen molar-refractivity contribution in [1.29, 1.82) is 0 Å². The predicted molar refractivity (Wildman–Crippen MR) is 72.8 cm³/mol. The zero-order valence-corrected chi connectivity index (χ0v) is 11.9. The van der Waals surface area contributed by atoms with Gasteiger partial charge in [0, 0.05) is 19.5 Å². The quantitative estimate of drug-likeness (QED) is 0.797. The van der Waals surface area contributed by atoms with Crippen LogP contribution in [0.25, 0.3) is 0 Å². The van der Waals surface area contributed by atoms with Crippen molar-refractivity contribution >= 4 is 11.9 Å². The molecule has 0 radical (unpaired) electrons. The number of nitrogens with zero attached hydrogens (tertiary/aromatic N) is 1. The summed E-state index contributed by atoms with van der Waals surface area (Å²) >= 11 is 0. The van der Waals surface area contributed by atoms with Gasteiger partial charge in [0.2, 0.25) is 5.91 Å². The molecule has 0 atom stereocenters. The number of rotatable bonds is 4. The molecule has 1 amide bonds. The average Bonchev–Trinajstić information content (AvgIpc) is 2.60. The zero-order valence-electron chi connectivity index (χ0n) is 11.9. The first-order chi connectivity index (χ1) is 9.05. The van der Waals surface area contributed by atoms with Crippen LogP contribution in [0.2, 0.25) is 0 Å². The van der Waals surface area contributed by atoms with Gasteiger partial charge in [0.25, 0.3) is 0 Å². The fourth-order valence-electron chi connectivity index (χ4n) is 3.33. The average molecular weight is 267 g/mol. The fraction of sp³-hybridized carbons (Fsp3) is 0.867. The Morgan fingerprint density at radius 3 is 2.11 bits per heavy atom. The van der Waals surface area contributed by atoms with E-state index >= 15 is 0 Å². The SMILES string of the molecule is CN(C(=O)CC1(C(=O)O)CCC1)C1CCCCCC1. The first-order valence-electron chi connectivity index (χ1n) is 7.54. The molecule has 0 spiro atoms. The summed E-state index contributed by atoms with van der Waals surface area (Å²) in [4.78, 5) is 25.5. The van der Waals surface area contributed by atoms with Crippen molar-refractivity contribution in [2.24, 2.45) is 5.41 Å². The summed E-state index contributed by atoms with van der Waals surface area (Å²) < 4.78 is 0. The van der Waals surface area contributed by atoms with Gasteiger partial charge < -0.3 is 10.0 Å². The number of hydrogen-bond acceptors (Lipinski definition) is 2. The Hall–Kier alpha value is -1.06. The lowest BCUT2D eigenvalue weighted by molar-refractivity contribution is -0.159. The van der Waals surface area contributed by atoms with Crippen LogP contribution in [-0.2, 0) is 9.59 Å². The smallest absolute Gasteiger partial charge is 0.310 e. The summed E-state index contributed by atoms with van der Waals surface area (Å²) in [6.07, 6.45) is 9.49. The molecule has 108 valence electrons. The Bertz CT molecular complexity index is 341. The number of aliphatic carboxylic acids is 1. The number of hydrogen-bond donors (Lipinski definition) is 1. The molecule has 2 fully saturated rings. The van der Waals surface area contributed by atoms with Crippen molar-refractivity contribution in [2.75, 3.05) is 7.05 Å². The second-order valence-corrected chi connectivity index (χ2v) is 6.27. The third kappa shape index (κ3) is 3.10. The highest BCUT2D eigenvalue weighted by Gasteiger charge is 2.46. The van der Waals surface area contributed by atoms with Crippen LogP contribution in [0.1, 0.15) is 64.2 Å². The van der Waals surface area contributed by atoms with Crippen LogP contribution in [0.5, 0.6) is 0 Å². The van der Waals surface area contributed by atoms with Gasteiger partial charge in [-0.25, -0.2) is 0 Å². The molecule has 19 heavy (non-hydrogen) atoms. The number of carbonyl (C=O) groups excluding carboxylic acids is 1. The lowest BCUT2D eigenvalue weighted by atomic mass is 9.66. The van der Waals surface area contributed by atoms with E-state index < -0.39 is 11.4 Å². The van der Waals surface area contributed by atoms with E-state index in [1.807, 2.05) is 11.9 Å². The molecule has 2 saturated carbocycles. The normalized spacial score (nSPS) is 23.2. The Labute approximate surface area is 115 Å². The topological polar surface area (TPSA) is 57.6 Å². The van der Waals surface area contributed by atoms with Crippen molar-refractivity contribution in [2.45, 2.75) is 70.3 Å². The maximum atomic E-state index is 12.3. The molecular formula is C15H25NO3. The van der Waals surface area contributed by atoms with Crippen LogP contribution >= 0.6 is 0 Å². The minimum absolute atomic E-state index is 0.0222. The van der Waals surface area contributed by atoms with Gasteiger partial charge in [-0.3, -0.25) is 9.59 Å². The maximum Gasteiger partial charge on any atom is 0.310 e. The van der Waals surface area contributed by atoms with Crippen molar-refractivity contribution in [3.8, 4) is 0 Å². The molecule has 2 aliphatic rings. The minimum Gasteiger partial charge on any atom is -0.481 e. The van der Waals surface area contributed by atoms with Crippen LogP contribution in [0.4, 0.5) is 0 Å². The summed E-state index contributed by atoms with van der Waals surface area (Å²) in [5, 5.41) is 9.30. The summed E-state index contributed by atoms with van der Waals surface area (Å²) in [6.45, 7) is 0. The van der Waals surface area contributed by atoms with Gasteiger partial charge in [-0.2, -0.15) is 0 Å². The molecule has 0 aliphatic heterocycles. The van der Waals surface area contributed by atoms with Crippen LogP contribution in [0.15, 0.2) is 0 Å². The third-order valence-corrected chi connectivity index (χ3v) is 5.02. The Morgan fingerprint density at radius 1 is 1.11 bits per heavy atom. The van der Waals surface area contributed by atoms with E-state index in [1.54, 1.807) is 0 Å². The highest BCUT2D eigenvalue weighted by molar-refractivity contribution is 5.85. The molecule has 0 heterocycles. The molecule has 0 bridgehead atoms. The van der Waals surface area contributed by atoms with Crippen molar-refractivity contribution in [3.63, 3.8) is 0 Å². The second kappa shape index (κ2) is 5.93. The predicted octanol–water partition coefficient (Wildman–Crippen LogP) is 2.81. The van der Waals surface area contributed by atoms with E-state index in [-0.39, 0.29) is 12.3 Å². The van der Waals surface area contributed by atoms with Crippen LogP contribution in [-0.4, -0.2) is 35.0 Å². The van der Waals surface area contributed by atoms with Crippen molar-refractivity contribution in [3.05, 3.63) is 0 Å². The van der Waals surface area contributed by atoms with Gasteiger partial charge in [0.05, 0.1) is 5.41 Å². The highest BCUT2D eigenvalue weighted by atomic mass is 16.4. The molecule has 0 unspecified atom stereocenters. The molecule has 0 aromatic carbocycles. The molecule has 2 aliphatic carbocycles. The van der Waals surface area contributed by atoms with E-state index in [0.717, 1.165) is 19.3 Å². The van der Waals surface area contributed by atoms with Gasteiger partial charge in [-0.15, -0.1) is 0 Å². The summed E-state index contributed by atoms with van der Waals surface area (Å²) in [6, 6.07) is 0.320. The summed E-state index contributed by atoms with van der Waals surface area (Å²) in [7, 11) is 1.85. The standard InChI is InChI=1S/C15H25NO3/c1-16(12-7-4-2-3-5-8-12)13(17)11-15(14(18)19)9-6-10-15/h12H,2-11H2,1H3,(H,18,19). The van der Waals surface area contributed by atoms with Crippen molar-refractivity contribution in [1.82, 2.24) is 4.90 Å². The Balaban J connectivity index is 1.93. The molecule has 0 saturated heterocycles. The van der Waals surface area contributed by atoms with Gasteiger partial charge in [0.1, 0.15) is 0 Å². The molecule has 2 rings (SSSR count). The fourth-order valence-corrected chi connectivity index (χ4v) is 3.33. The molecule has 0 aromatic rings. The molecule has 1 N–H and O–H groups in total. The Morgan fingerprint density at radius 2 is 1.68 bits per heavy atom. The van der Waals surface area contributed by atoms with Gasteiger partial charge in [0.15, 0.2) is 0 Å². The number of carboxylic acids is 1. The molecule has 4 nitrogen and oxygen atoms in total. The monoisotopic (exact) mass is 267 g/mol. The molecule has 0 aromatic heterocycles. The largest absolute Gasteiger partial charge is 0.481 e. The maximum absolute atomic E-state index is 12.3. The van der Waals surface area contributed by atoms with E-state index in [4.69, 9.17) is 0 Å². The van der Waals surface area contributed by atoms with E-state index in [9.17, 15) is 14.7 Å². The molecular weight excluding hydrogens is 242 g/mol. The zero-order chi connectivity index (χ0) is 13.9. The lowest BCUT2D eigenvalue weighted by Crippen LogP contribution is -2.45. The summed E-state index contributed by atoms with van der Waals surface area (Å²) in [5.41, 5.74) is -0.754. The van der Waals surface area contributed by atoms with Gasteiger partial charge in [-0.05, 0) is 25.7 Å². The third-order valence-electron chi connectivity index (χ3n) is 5.02. The van der Waals surface area contributed by atoms with E-state index in [2.05, 4.69) is 0 Å². The van der Waals surface area contributed by atoms with Crippen LogP contribution < -0.4 is 0 Å². The number of carboxylic acid groups (broad SMARTS) is 1. The highest BCUT2D eigenvalue weighted by Crippen LogP contribution is 2.44. The number of carbonyl (C=O) groups is 2. The number of amides is 1. The first kappa shape index (κ1) is 14.4. The van der Waals surface area contributed by atoms with E-state index in [0.29, 0.717) is 18.9 Å². The van der Waals surface area contributed by atoms with Crippen LogP contribution in [0, 0.1) is 5.41 Å². The molecule has 4 heteroatoms. The van der Waals surface area contributed by atoms with Crippen molar-refractivity contribution < 1.29 is 14.7 Å².